The van der Waals surface area contributed by atoms with E-state index in [1.165, 1.54) is 5.56 Å². The first-order valence-corrected chi connectivity index (χ1v) is 6.07. The molecule has 0 bridgehead atoms. The third-order valence-corrected chi connectivity index (χ3v) is 2.43. The minimum atomic E-state index is -0.167. The van der Waals surface area contributed by atoms with Crippen molar-refractivity contribution in [3.05, 3.63) is 18.0 Å². The molecule has 0 aromatic carbocycles. The van der Waals surface area contributed by atoms with Gasteiger partial charge in [0.25, 0.3) is 0 Å². The smallest absolute Gasteiger partial charge is 0.307 e. The van der Waals surface area contributed by atoms with Gasteiger partial charge in [0.1, 0.15) is 0 Å². The van der Waals surface area contributed by atoms with Crippen LogP contribution < -0.4 is 5.32 Å². The van der Waals surface area contributed by atoms with Crippen molar-refractivity contribution in [3.63, 3.8) is 0 Å². The molecular formula is C12H21N3O2. The summed E-state index contributed by atoms with van der Waals surface area (Å²) < 4.78 is 6.66. The second-order valence-corrected chi connectivity index (χ2v) is 3.87. The van der Waals surface area contributed by atoms with Crippen LogP contribution in [0.4, 0.5) is 0 Å². The Morgan fingerprint density at radius 2 is 2.41 bits per heavy atom. The van der Waals surface area contributed by atoms with E-state index in [-0.39, 0.29) is 5.97 Å². The van der Waals surface area contributed by atoms with Gasteiger partial charge in [-0.2, -0.15) is 5.10 Å². The fraction of sp³-hybridized carbons (Fsp3) is 0.667. The highest BCUT2D eigenvalue weighted by atomic mass is 16.5. The Balaban J connectivity index is 2.27. The van der Waals surface area contributed by atoms with E-state index in [1.54, 1.807) is 4.68 Å². The van der Waals surface area contributed by atoms with Crippen molar-refractivity contribution in [2.45, 2.75) is 32.7 Å². The van der Waals surface area contributed by atoms with Crippen molar-refractivity contribution < 1.29 is 9.53 Å². The number of carbonyl (C=O) groups is 1. The molecule has 0 aliphatic carbocycles. The zero-order valence-corrected chi connectivity index (χ0v) is 10.6. The topological polar surface area (TPSA) is 56.1 Å². The van der Waals surface area contributed by atoms with Crippen LogP contribution in [0.2, 0.25) is 0 Å². The molecule has 0 saturated carbocycles. The third-order valence-electron chi connectivity index (χ3n) is 2.43. The molecule has 0 fully saturated rings. The molecule has 0 saturated heterocycles. The number of esters is 1. The zero-order chi connectivity index (χ0) is 12.5. The molecular weight excluding hydrogens is 218 g/mol. The van der Waals surface area contributed by atoms with Crippen LogP contribution >= 0.6 is 0 Å². The summed E-state index contributed by atoms with van der Waals surface area (Å²) in [5.41, 5.74) is 1.21. The van der Waals surface area contributed by atoms with Gasteiger partial charge in [-0.3, -0.25) is 9.48 Å². The first-order chi connectivity index (χ1) is 8.26. The van der Waals surface area contributed by atoms with Crippen molar-refractivity contribution in [1.82, 2.24) is 15.1 Å². The third kappa shape index (κ3) is 5.49. The lowest BCUT2D eigenvalue weighted by Crippen LogP contribution is -2.09. The van der Waals surface area contributed by atoms with Gasteiger partial charge in [-0.1, -0.05) is 0 Å². The summed E-state index contributed by atoms with van der Waals surface area (Å²) in [6.45, 7) is 3.84. The molecule has 1 rings (SSSR count). The minimum Gasteiger partial charge on any atom is -0.466 e. The summed E-state index contributed by atoms with van der Waals surface area (Å²) in [6.07, 6.45) is 6.35. The van der Waals surface area contributed by atoms with Gasteiger partial charge in [-0.15, -0.1) is 0 Å². The quantitative estimate of drug-likeness (QED) is 0.543. The van der Waals surface area contributed by atoms with Crippen LogP contribution in [0.15, 0.2) is 12.4 Å². The molecule has 5 nitrogen and oxygen atoms in total. The van der Waals surface area contributed by atoms with E-state index in [4.69, 9.17) is 4.74 Å². The van der Waals surface area contributed by atoms with Gasteiger partial charge in [-0.25, -0.2) is 0 Å². The van der Waals surface area contributed by atoms with Gasteiger partial charge < -0.3 is 10.1 Å². The number of hydrogen-bond donors (Lipinski definition) is 1. The summed E-state index contributed by atoms with van der Waals surface area (Å²) in [7, 11) is 1.95. The fourth-order valence-corrected chi connectivity index (χ4v) is 1.57. The predicted octanol–water partition coefficient (Wildman–Crippen LogP) is 0.988. The number of hydrogen-bond acceptors (Lipinski definition) is 4. The average Bonchev–Trinajstić information content (AvgIpc) is 2.75. The molecule has 1 aromatic rings. The fourth-order valence-electron chi connectivity index (χ4n) is 1.57. The average molecular weight is 239 g/mol. The second kappa shape index (κ2) is 7.84. The van der Waals surface area contributed by atoms with E-state index in [1.807, 2.05) is 26.4 Å². The molecule has 0 amide bonds. The van der Waals surface area contributed by atoms with E-state index in [0.29, 0.717) is 19.6 Å². The molecule has 0 atom stereocenters. The molecule has 0 spiro atoms. The molecule has 96 valence electrons. The lowest BCUT2D eigenvalue weighted by atomic mass is 10.2. The van der Waals surface area contributed by atoms with Gasteiger partial charge in [0.15, 0.2) is 0 Å². The van der Waals surface area contributed by atoms with Crippen molar-refractivity contribution in [2.75, 3.05) is 20.2 Å². The molecule has 1 heterocycles. The van der Waals surface area contributed by atoms with Gasteiger partial charge >= 0.3 is 5.97 Å². The maximum absolute atomic E-state index is 11.2. The summed E-state index contributed by atoms with van der Waals surface area (Å²) in [5, 5.41) is 7.33. The highest BCUT2D eigenvalue weighted by Crippen LogP contribution is 2.02. The molecule has 17 heavy (non-hydrogen) atoms. The molecule has 1 aromatic heterocycles. The van der Waals surface area contributed by atoms with Crippen LogP contribution in [0, 0.1) is 0 Å². The Bertz CT molecular complexity index is 336. The Morgan fingerprint density at radius 3 is 3.12 bits per heavy atom. The number of carbonyl (C=O) groups excluding carboxylic acids is 1. The normalized spacial score (nSPS) is 10.5. The van der Waals surface area contributed by atoms with Crippen LogP contribution in [-0.2, 0) is 22.5 Å². The summed E-state index contributed by atoms with van der Waals surface area (Å²) in [6, 6.07) is 0. The molecule has 1 N–H and O–H groups in total. The number of nitrogens with one attached hydrogen (secondary N) is 1. The maximum atomic E-state index is 11.2. The summed E-state index contributed by atoms with van der Waals surface area (Å²) in [4.78, 5) is 11.2. The second-order valence-electron chi connectivity index (χ2n) is 3.87. The first kappa shape index (κ1) is 13.7. The highest BCUT2D eigenvalue weighted by Gasteiger charge is 2.03. The molecule has 0 aliphatic heterocycles. The van der Waals surface area contributed by atoms with E-state index >= 15 is 0 Å². The predicted molar refractivity (Wildman–Crippen MR) is 65.7 cm³/mol. The van der Waals surface area contributed by atoms with Crippen LogP contribution in [-0.4, -0.2) is 35.9 Å². The summed E-state index contributed by atoms with van der Waals surface area (Å²) >= 11 is 0. The largest absolute Gasteiger partial charge is 0.466 e. The lowest BCUT2D eigenvalue weighted by molar-refractivity contribution is -0.143. The monoisotopic (exact) mass is 239 g/mol. The number of aromatic nitrogens is 2. The zero-order valence-electron chi connectivity index (χ0n) is 10.6. The van der Waals surface area contributed by atoms with Gasteiger partial charge in [0, 0.05) is 6.20 Å². The SMILES string of the molecule is CCOC(=O)CCn1cc(CCCNC)cn1. The lowest BCUT2D eigenvalue weighted by Gasteiger charge is -2.01. The Morgan fingerprint density at radius 1 is 1.59 bits per heavy atom. The standard InChI is InChI=1S/C12H21N3O2/c1-3-17-12(16)6-8-15-10-11(9-14-15)5-4-7-13-2/h9-10,13H,3-8H2,1-2H3. The van der Waals surface area contributed by atoms with Gasteiger partial charge in [0.05, 0.1) is 25.8 Å². The Kier molecular flexibility index (Phi) is 6.32. The minimum absolute atomic E-state index is 0.167. The number of nitrogens with zero attached hydrogens (tertiary/aromatic N) is 2. The van der Waals surface area contributed by atoms with E-state index in [9.17, 15) is 4.79 Å². The van der Waals surface area contributed by atoms with Crippen LogP contribution in [0.25, 0.3) is 0 Å². The van der Waals surface area contributed by atoms with Crippen molar-refractivity contribution in [3.8, 4) is 0 Å². The highest BCUT2D eigenvalue weighted by molar-refractivity contribution is 5.69. The van der Waals surface area contributed by atoms with Crippen LogP contribution in [0.3, 0.4) is 0 Å². The Labute approximate surface area is 102 Å². The molecule has 0 unspecified atom stereocenters. The number of rotatable bonds is 8. The van der Waals surface area contributed by atoms with E-state index in [2.05, 4.69) is 10.4 Å². The summed E-state index contributed by atoms with van der Waals surface area (Å²) in [5.74, 6) is -0.167. The van der Waals surface area contributed by atoms with Crippen molar-refractivity contribution in [2.24, 2.45) is 0 Å². The maximum Gasteiger partial charge on any atom is 0.307 e. The van der Waals surface area contributed by atoms with Crippen molar-refractivity contribution in [1.29, 1.82) is 0 Å². The van der Waals surface area contributed by atoms with Gasteiger partial charge in [0.2, 0.25) is 0 Å². The first-order valence-electron chi connectivity index (χ1n) is 6.07. The van der Waals surface area contributed by atoms with E-state index < -0.39 is 0 Å². The van der Waals surface area contributed by atoms with Gasteiger partial charge in [-0.05, 0) is 38.9 Å². The number of ether oxygens (including phenoxy) is 1. The van der Waals surface area contributed by atoms with Crippen molar-refractivity contribution >= 4 is 5.97 Å². The number of aryl methyl sites for hydroxylation is 2. The van der Waals surface area contributed by atoms with E-state index in [0.717, 1.165) is 19.4 Å². The molecule has 0 radical (unpaired) electrons. The van der Waals surface area contributed by atoms with Crippen LogP contribution in [0.1, 0.15) is 25.3 Å². The molecule has 5 heteroatoms. The molecule has 0 aliphatic rings. The van der Waals surface area contributed by atoms with Crippen LogP contribution in [0.5, 0.6) is 0 Å². The Hall–Kier alpha value is -1.36.